The molecule has 9 nitrogen and oxygen atoms in total. The monoisotopic (exact) mass is 448 g/mol. The second kappa shape index (κ2) is 9.71. The summed E-state index contributed by atoms with van der Waals surface area (Å²) in [5.74, 6) is 0.706. The largest absolute Gasteiger partial charge is 0.493 e. The first kappa shape index (κ1) is 23.1. The summed E-state index contributed by atoms with van der Waals surface area (Å²) in [7, 11) is -3.73. The molecule has 1 aliphatic rings. The van der Waals surface area contributed by atoms with Gasteiger partial charge in [0.25, 0.3) is 5.56 Å². The first-order valence-electron chi connectivity index (χ1n) is 10.4. The van der Waals surface area contributed by atoms with E-state index in [1.165, 1.54) is 22.5 Å². The van der Waals surface area contributed by atoms with E-state index in [1.54, 1.807) is 13.0 Å². The highest BCUT2D eigenvalue weighted by atomic mass is 32.2. The van der Waals surface area contributed by atoms with E-state index in [-0.39, 0.29) is 34.7 Å². The quantitative estimate of drug-likeness (QED) is 0.476. The van der Waals surface area contributed by atoms with Gasteiger partial charge in [0.15, 0.2) is 0 Å². The molecular formula is C21H28N4O5S. The predicted octanol–water partition coefficient (Wildman–Crippen LogP) is 2.01. The van der Waals surface area contributed by atoms with Crippen LogP contribution in [0.4, 0.5) is 0 Å². The Balaban J connectivity index is 2.02. The highest BCUT2D eigenvalue weighted by molar-refractivity contribution is 7.89. The van der Waals surface area contributed by atoms with Crippen molar-refractivity contribution in [3.8, 4) is 17.1 Å². The average molecular weight is 449 g/mol. The fourth-order valence-electron chi connectivity index (χ4n) is 3.49. The second-order valence-electron chi connectivity index (χ2n) is 7.50. The SMILES string of the molecule is CCCC(=N)c1cc(=O)[nH]c(-c2cc(S(=O)(=O)N3CC(CCO)C3)ccc2OCC)n1. The number of hydrogen-bond donors (Lipinski definition) is 3. The first-order chi connectivity index (χ1) is 14.8. The number of hydrogen-bond acceptors (Lipinski definition) is 7. The van der Waals surface area contributed by atoms with Crippen LogP contribution in [-0.2, 0) is 10.0 Å². The molecule has 1 fully saturated rings. The fourth-order valence-corrected chi connectivity index (χ4v) is 5.11. The van der Waals surface area contributed by atoms with E-state index in [0.29, 0.717) is 43.9 Å². The molecule has 1 aliphatic heterocycles. The Kier molecular flexibility index (Phi) is 7.24. The molecule has 168 valence electrons. The van der Waals surface area contributed by atoms with Crippen molar-refractivity contribution >= 4 is 15.7 Å². The summed E-state index contributed by atoms with van der Waals surface area (Å²) >= 11 is 0. The Morgan fingerprint density at radius 3 is 2.71 bits per heavy atom. The zero-order chi connectivity index (χ0) is 22.6. The van der Waals surface area contributed by atoms with Crippen molar-refractivity contribution in [3.05, 3.63) is 40.3 Å². The van der Waals surface area contributed by atoms with Crippen LogP contribution < -0.4 is 10.3 Å². The second-order valence-corrected chi connectivity index (χ2v) is 9.44. The standard InChI is InChI=1S/C21H28N4O5S/c1-3-5-17(22)18-11-20(27)24-21(23-18)16-10-15(6-7-19(16)30-4-2)31(28,29)25-12-14(13-25)8-9-26/h6-7,10-11,14,22,26H,3-5,8-9,12-13H2,1-2H3,(H,23,24,27). The Bertz CT molecular complexity index is 1110. The maximum absolute atomic E-state index is 13.0. The molecule has 1 saturated heterocycles. The number of sulfonamides is 1. The lowest BCUT2D eigenvalue weighted by molar-refractivity contribution is 0.154. The average Bonchev–Trinajstić information content (AvgIpc) is 2.70. The minimum Gasteiger partial charge on any atom is -0.493 e. The number of H-pyrrole nitrogens is 1. The summed E-state index contributed by atoms with van der Waals surface area (Å²) in [5.41, 5.74) is 0.419. The van der Waals surface area contributed by atoms with E-state index in [9.17, 15) is 13.2 Å². The van der Waals surface area contributed by atoms with Gasteiger partial charge in [-0.2, -0.15) is 4.31 Å². The van der Waals surface area contributed by atoms with E-state index in [2.05, 4.69) is 9.97 Å². The number of aromatic nitrogens is 2. The van der Waals surface area contributed by atoms with Crippen molar-refractivity contribution in [3.63, 3.8) is 0 Å². The fraction of sp³-hybridized carbons (Fsp3) is 0.476. The van der Waals surface area contributed by atoms with Gasteiger partial charge in [-0.25, -0.2) is 13.4 Å². The normalized spacial score (nSPS) is 14.9. The third-order valence-electron chi connectivity index (χ3n) is 5.16. The van der Waals surface area contributed by atoms with Crippen LogP contribution in [0.1, 0.15) is 38.8 Å². The van der Waals surface area contributed by atoms with Crippen LogP contribution in [0.25, 0.3) is 11.4 Å². The predicted molar refractivity (Wildman–Crippen MR) is 117 cm³/mol. The van der Waals surface area contributed by atoms with Gasteiger partial charge in [0, 0.05) is 25.8 Å². The maximum Gasteiger partial charge on any atom is 0.251 e. The van der Waals surface area contributed by atoms with Crippen molar-refractivity contribution < 1.29 is 18.3 Å². The number of nitrogens with one attached hydrogen (secondary N) is 2. The van der Waals surface area contributed by atoms with Gasteiger partial charge in [-0.15, -0.1) is 0 Å². The lowest BCUT2D eigenvalue weighted by Gasteiger charge is -2.37. The van der Waals surface area contributed by atoms with Gasteiger partial charge >= 0.3 is 0 Å². The van der Waals surface area contributed by atoms with Crippen molar-refractivity contribution in [2.45, 2.75) is 38.0 Å². The van der Waals surface area contributed by atoms with Crippen molar-refractivity contribution in [2.24, 2.45) is 5.92 Å². The Morgan fingerprint density at radius 2 is 2.06 bits per heavy atom. The molecule has 0 amide bonds. The molecule has 0 atom stereocenters. The molecule has 0 unspecified atom stereocenters. The number of aromatic amines is 1. The molecule has 31 heavy (non-hydrogen) atoms. The van der Waals surface area contributed by atoms with Crippen LogP contribution in [-0.4, -0.2) is 59.8 Å². The topological polar surface area (TPSA) is 136 Å². The molecule has 10 heteroatoms. The first-order valence-corrected chi connectivity index (χ1v) is 11.8. The molecule has 1 aromatic heterocycles. The number of rotatable bonds is 10. The zero-order valence-corrected chi connectivity index (χ0v) is 18.5. The van der Waals surface area contributed by atoms with Gasteiger partial charge in [-0.1, -0.05) is 13.3 Å². The Labute approximate surface area is 181 Å². The Morgan fingerprint density at radius 1 is 1.32 bits per heavy atom. The molecule has 1 aromatic carbocycles. The van der Waals surface area contributed by atoms with E-state index < -0.39 is 15.6 Å². The number of aliphatic hydroxyl groups is 1. The van der Waals surface area contributed by atoms with Crippen molar-refractivity contribution in [1.29, 1.82) is 5.41 Å². The van der Waals surface area contributed by atoms with Gasteiger partial charge < -0.3 is 20.2 Å². The van der Waals surface area contributed by atoms with Gasteiger partial charge in [0.05, 0.1) is 28.5 Å². The molecule has 3 N–H and O–H groups in total. The zero-order valence-electron chi connectivity index (χ0n) is 17.7. The van der Waals surface area contributed by atoms with E-state index >= 15 is 0 Å². The van der Waals surface area contributed by atoms with Crippen LogP contribution >= 0.6 is 0 Å². The molecule has 0 radical (unpaired) electrons. The molecule has 0 spiro atoms. The van der Waals surface area contributed by atoms with Crippen LogP contribution in [0.2, 0.25) is 0 Å². The minimum atomic E-state index is -3.73. The van der Waals surface area contributed by atoms with E-state index in [0.717, 1.165) is 6.42 Å². The van der Waals surface area contributed by atoms with Gasteiger partial charge in [0.2, 0.25) is 10.0 Å². The molecule has 0 saturated carbocycles. The van der Waals surface area contributed by atoms with Gasteiger partial charge in [0.1, 0.15) is 11.6 Å². The smallest absolute Gasteiger partial charge is 0.251 e. The van der Waals surface area contributed by atoms with Gasteiger partial charge in [-0.05, 0) is 43.9 Å². The van der Waals surface area contributed by atoms with Crippen molar-refractivity contribution in [1.82, 2.24) is 14.3 Å². The van der Waals surface area contributed by atoms with Crippen LogP contribution in [0.15, 0.2) is 34.0 Å². The number of benzene rings is 1. The highest BCUT2D eigenvalue weighted by Crippen LogP contribution is 2.33. The molecule has 3 rings (SSSR count). The number of nitrogens with zero attached hydrogens (tertiary/aromatic N) is 2. The summed E-state index contributed by atoms with van der Waals surface area (Å²) in [4.78, 5) is 19.3. The van der Waals surface area contributed by atoms with Crippen LogP contribution in [0.5, 0.6) is 5.75 Å². The number of ether oxygens (including phenoxy) is 1. The third kappa shape index (κ3) is 5.03. The van der Waals surface area contributed by atoms with Crippen LogP contribution in [0.3, 0.4) is 0 Å². The lowest BCUT2D eigenvalue weighted by Crippen LogP contribution is -2.50. The van der Waals surface area contributed by atoms with E-state index in [4.69, 9.17) is 15.3 Å². The summed E-state index contributed by atoms with van der Waals surface area (Å²) in [6, 6.07) is 5.75. The molecular weight excluding hydrogens is 420 g/mol. The van der Waals surface area contributed by atoms with Gasteiger partial charge in [-0.3, -0.25) is 4.79 Å². The third-order valence-corrected chi connectivity index (χ3v) is 6.98. The van der Waals surface area contributed by atoms with Crippen molar-refractivity contribution in [2.75, 3.05) is 26.3 Å². The lowest BCUT2D eigenvalue weighted by atomic mass is 10.0. The summed E-state index contributed by atoms with van der Waals surface area (Å²) in [6.45, 7) is 4.86. The minimum absolute atomic E-state index is 0.0359. The van der Waals surface area contributed by atoms with E-state index in [1.807, 2.05) is 6.92 Å². The molecule has 0 aliphatic carbocycles. The number of aliphatic hydroxyl groups excluding tert-OH is 1. The molecule has 0 bridgehead atoms. The molecule has 2 heterocycles. The summed E-state index contributed by atoms with van der Waals surface area (Å²) in [5, 5.41) is 17.2. The Hall–Kier alpha value is -2.56. The summed E-state index contributed by atoms with van der Waals surface area (Å²) < 4.78 is 33.1. The maximum atomic E-state index is 13.0. The summed E-state index contributed by atoms with van der Waals surface area (Å²) in [6.07, 6.45) is 1.79. The molecule has 2 aromatic rings. The van der Waals surface area contributed by atoms with Crippen LogP contribution in [0, 0.1) is 11.3 Å². The highest BCUT2D eigenvalue weighted by Gasteiger charge is 2.36.